The maximum absolute atomic E-state index is 10.8. The molecule has 1 heterocycles. The molecule has 0 aromatic heterocycles. The van der Waals surface area contributed by atoms with Gasteiger partial charge in [0.15, 0.2) is 6.29 Å². The number of aliphatic hydroxyl groups is 1. The Morgan fingerprint density at radius 1 is 1.50 bits per heavy atom. The van der Waals surface area contributed by atoms with Crippen molar-refractivity contribution in [1.29, 1.82) is 0 Å². The van der Waals surface area contributed by atoms with Gasteiger partial charge in [-0.25, -0.2) is 0 Å². The highest BCUT2D eigenvalue weighted by Crippen LogP contribution is 2.28. The van der Waals surface area contributed by atoms with E-state index in [4.69, 9.17) is 16.7 Å². The summed E-state index contributed by atoms with van der Waals surface area (Å²) in [5.74, 6) is 0. The summed E-state index contributed by atoms with van der Waals surface area (Å²) in [5, 5.41) is 9.61. The number of β-amino-alcohol motifs (C(OH)–C–C–N with tert-alkyl or cyclic N) is 1. The summed E-state index contributed by atoms with van der Waals surface area (Å²) >= 11 is 5.87. The molecule has 1 N–H and O–H groups in total. The third-order valence-electron chi connectivity index (χ3n) is 2.35. The van der Waals surface area contributed by atoms with Gasteiger partial charge in [-0.05, 0) is 12.1 Å². The first-order valence-corrected chi connectivity index (χ1v) is 4.77. The van der Waals surface area contributed by atoms with Crippen molar-refractivity contribution in [1.82, 2.24) is 0 Å². The highest BCUT2D eigenvalue weighted by Gasteiger charge is 2.26. The molecular weight excluding hydrogens is 202 g/mol. The first kappa shape index (κ1) is 9.49. The molecule has 0 atom stereocenters. The molecule has 0 radical (unpaired) electrons. The van der Waals surface area contributed by atoms with Crippen LogP contribution in [0.2, 0.25) is 5.02 Å². The molecule has 1 aromatic rings. The minimum absolute atomic E-state index is 0.284. The molecule has 0 saturated carbocycles. The lowest BCUT2D eigenvalue weighted by atomic mass is 10.1. The molecule has 1 saturated heterocycles. The number of rotatable bonds is 2. The van der Waals surface area contributed by atoms with E-state index >= 15 is 0 Å². The minimum atomic E-state index is -0.284. The number of aliphatic hydroxyl groups excluding tert-OH is 1. The summed E-state index contributed by atoms with van der Waals surface area (Å²) < 4.78 is 0. The fraction of sp³-hybridized carbons (Fsp3) is 0.300. The molecule has 0 unspecified atom stereocenters. The van der Waals surface area contributed by atoms with Crippen LogP contribution in [0.25, 0.3) is 0 Å². The molecule has 74 valence electrons. The predicted octanol–water partition coefficient (Wildman–Crippen LogP) is 1.33. The lowest BCUT2D eigenvalue weighted by Crippen LogP contribution is -2.51. The van der Waals surface area contributed by atoms with Gasteiger partial charge >= 0.3 is 0 Å². The van der Waals surface area contributed by atoms with Crippen LogP contribution in [-0.4, -0.2) is 30.6 Å². The van der Waals surface area contributed by atoms with Crippen LogP contribution < -0.4 is 4.90 Å². The summed E-state index contributed by atoms with van der Waals surface area (Å²) in [6, 6.07) is 5.32. The van der Waals surface area contributed by atoms with Gasteiger partial charge in [0.25, 0.3) is 0 Å². The predicted molar refractivity (Wildman–Crippen MR) is 55.1 cm³/mol. The number of halogens is 1. The van der Waals surface area contributed by atoms with Gasteiger partial charge < -0.3 is 10.0 Å². The number of nitrogens with zero attached hydrogens (tertiary/aromatic N) is 1. The van der Waals surface area contributed by atoms with E-state index in [1.807, 2.05) is 11.0 Å². The summed E-state index contributed by atoms with van der Waals surface area (Å²) in [7, 11) is 0. The molecule has 14 heavy (non-hydrogen) atoms. The molecule has 2 rings (SSSR count). The molecular formula is C10H10ClNO2. The van der Waals surface area contributed by atoms with Crippen molar-refractivity contribution >= 4 is 23.6 Å². The van der Waals surface area contributed by atoms with Gasteiger partial charge in [0.1, 0.15) is 0 Å². The monoisotopic (exact) mass is 211 g/mol. The van der Waals surface area contributed by atoms with Crippen molar-refractivity contribution < 1.29 is 9.90 Å². The topological polar surface area (TPSA) is 40.5 Å². The van der Waals surface area contributed by atoms with Gasteiger partial charge in [-0.3, -0.25) is 4.79 Å². The zero-order valence-corrected chi connectivity index (χ0v) is 8.24. The largest absolute Gasteiger partial charge is 0.389 e. The zero-order valence-electron chi connectivity index (χ0n) is 7.48. The van der Waals surface area contributed by atoms with Crippen LogP contribution in [0.3, 0.4) is 0 Å². The normalized spacial score (nSPS) is 16.6. The smallest absolute Gasteiger partial charge is 0.153 e. The van der Waals surface area contributed by atoms with E-state index in [1.165, 1.54) is 0 Å². The maximum Gasteiger partial charge on any atom is 0.153 e. The Bertz CT molecular complexity index is 361. The first-order valence-electron chi connectivity index (χ1n) is 4.39. The van der Waals surface area contributed by atoms with Crippen molar-refractivity contribution in [3.8, 4) is 0 Å². The van der Waals surface area contributed by atoms with E-state index in [1.54, 1.807) is 12.1 Å². The van der Waals surface area contributed by atoms with Crippen molar-refractivity contribution in [2.24, 2.45) is 0 Å². The van der Waals surface area contributed by atoms with E-state index in [0.717, 1.165) is 12.0 Å². The Kier molecular flexibility index (Phi) is 2.44. The summed E-state index contributed by atoms with van der Waals surface area (Å²) in [6.07, 6.45) is 0.469. The maximum atomic E-state index is 10.8. The highest BCUT2D eigenvalue weighted by atomic mass is 35.5. The second-order valence-electron chi connectivity index (χ2n) is 3.35. The molecule has 1 aliphatic heterocycles. The van der Waals surface area contributed by atoms with Crippen LogP contribution in [-0.2, 0) is 0 Å². The molecule has 4 heteroatoms. The van der Waals surface area contributed by atoms with Crippen LogP contribution in [0.5, 0.6) is 0 Å². The molecule has 0 bridgehead atoms. The van der Waals surface area contributed by atoms with Crippen molar-refractivity contribution in [3.63, 3.8) is 0 Å². The number of aldehydes is 1. The van der Waals surface area contributed by atoms with Crippen molar-refractivity contribution in [2.45, 2.75) is 6.10 Å². The minimum Gasteiger partial charge on any atom is -0.389 e. The standard InChI is InChI=1S/C10H10ClNO2/c11-9-2-1-3-10(8(9)6-13)12-4-7(14)5-12/h1-3,6-7,14H,4-5H2. The summed E-state index contributed by atoms with van der Waals surface area (Å²) in [5.41, 5.74) is 1.30. The second-order valence-corrected chi connectivity index (χ2v) is 3.76. The van der Waals surface area contributed by atoms with Crippen LogP contribution in [0, 0.1) is 0 Å². The lowest BCUT2D eigenvalue weighted by molar-refractivity contribution is 0.112. The lowest BCUT2D eigenvalue weighted by Gasteiger charge is -2.38. The van der Waals surface area contributed by atoms with Crippen LogP contribution >= 0.6 is 11.6 Å². The Morgan fingerprint density at radius 3 is 2.79 bits per heavy atom. The number of carbonyl (C=O) groups is 1. The van der Waals surface area contributed by atoms with Gasteiger partial charge in [-0.2, -0.15) is 0 Å². The van der Waals surface area contributed by atoms with Gasteiger partial charge in [0.05, 0.1) is 16.7 Å². The Morgan fingerprint density at radius 2 is 2.21 bits per heavy atom. The third kappa shape index (κ3) is 1.49. The average Bonchev–Trinajstić information content (AvgIpc) is 2.13. The number of anilines is 1. The SMILES string of the molecule is O=Cc1c(Cl)cccc1N1CC(O)C1. The molecule has 3 nitrogen and oxygen atoms in total. The van der Waals surface area contributed by atoms with Gasteiger partial charge in [-0.1, -0.05) is 17.7 Å². The van der Waals surface area contributed by atoms with Gasteiger partial charge in [-0.15, -0.1) is 0 Å². The van der Waals surface area contributed by atoms with Crippen LogP contribution in [0.1, 0.15) is 10.4 Å². The zero-order chi connectivity index (χ0) is 10.1. The van der Waals surface area contributed by atoms with Gasteiger partial charge in [0, 0.05) is 18.8 Å². The van der Waals surface area contributed by atoms with Crippen LogP contribution in [0.4, 0.5) is 5.69 Å². The second kappa shape index (κ2) is 3.59. The summed E-state index contributed by atoms with van der Waals surface area (Å²) in [6.45, 7) is 1.14. The number of benzene rings is 1. The van der Waals surface area contributed by atoms with Crippen LogP contribution in [0.15, 0.2) is 18.2 Å². The van der Waals surface area contributed by atoms with E-state index in [0.29, 0.717) is 23.7 Å². The van der Waals surface area contributed by atoms with E-state index < -0.39 is 0 Å². The quantitative estimate of drug-likeness (QED) is 0.751. The first-order chi connectivity index (χ1) is 6.72. The Labute approximate surface area is 86.9 Å². The molecule has 0 aliphatic carbocycles. The van der Waals surface area contributed by atoms with E-state index in [2.05, 4.69) is 0 Å². The molecule has 0 amide bonds. The molecule has 1 aromatic carbocycles. The fourth-order valence-electron chi connectivity index (χ4n) is 1.57. The molecule has 1 fully saturated rings. The van der Waals surface area contributed by atoms with E-state index in [9.17, 15) is 4.79 Å². The van der Waals surface area contributed by atoms with Crippen molar-refractivity contribution in [3.05, 3.63) is 28.8 Å². The van der Waals surface area contributed by atoms with E-state index in [-0.39, 0.29) is 6.10 Å². The number of hydrogen-bond acceptors (Lipinski definition) is 3. The van der Waals surface area contributed by atoms with Crippen molar-refractivity contribution in [2.75, 3.05) is 18.0 Å². The van der Waals surface area contributed by atoms with Gasteiger partial charge in [0.2, 0.25) is 0 Å². The summed E-state index contributed by atoms with van der Waals surface area (Å²) in [4.78, 5) is 12.7. The Balaban J connectivity index is 2.33. The third-order valence-corrected chi connectivity index (χ3v) is 2.68. The Hall–Kier alpha value is -1.06. The molecule has 1 aliphatic rings. The average molecular weight is 212 g/mol. The fourth-order valence-corrected chi connectivity index (χ4v) is 1.78. The number of hydrogen-bond donors (Lipinski definition) is 1. The molecule has 0 spiro atoms. The highest BCUT2D eigenvalue weighted by molar-refractivity contribution is 6.33. The number of carbonyl (C=O) groups excluding carboxylic acids is 1.